The Balaban J connectivity index is 3.71. The van der Waals surface area contributed by atoms with Crippen LogP contribution in [0.5, 0.6) is 0 Å². The molecule has 0 fully saturated rings. The molecule has 0 aliphatic heterocycles. The highest BCUT2D eigenvalue weighted by Gasteiger charge is 2.16. The number of rotatable bonds is 28. The van der Waals surface area contributed by atoms with Crippen molar-refractivity contribution in [3.8, 4) is 0 Å². The molecule has 0 aromatic rings. The third kappa shape index (κ3) is 27.6. The maximum atomic E-state index is 12.0. The van der Waals surface area contributed by atoms with Gasteiger partial charge in [0.25, 0.3) is 0 Å². The topological polar surface area (TPSA) is 93.1 Å². The summed E-state index contributed by atoms with van der Waals surface area (Å²) < 4.78 is 10.5. The summed E-state index contributed by atoms with van der Waals surface area (Å²) in [7, 11) is 0. The zero-order chi connectivity index (χ0) is 29.5. The number of carbonyl (C=O) groups excluding carboxylic acids is 2. The lowest BCUT2D eigenvalue weighted by molar-refractivity contribution is -0.161. The normalized spacial score (nSPS) is 13.4. The lowest BCUT2D eigenvalue weighted by Gasteiger charge is -2.15. The van der Waals surface area contributed by atoms with Crippen LogP contribution in [0.25, 0.3) is 0 Å². The highest BCUT2D eigenvalue weighted by molar-refractivity contribution is 5.70. The van der Waals surface area contributed by atoms with Gasteiger partial charge in [-0.3, -0.25) is 9.59 Å². The fourth-order valence-electron chi connectivity index (χ4n) is 4.32. The van der Waals surface area contributed by atoms with E-state index in [2.05, 4.69) is 32.1 Å². The SMILES string of the molecule is CC/C=C/C/C=C/C=C/C(O)CCCCCCCC(=O)OC[C@H](CO)OC(=O)CCCCCCCCCCCC. The van der Waals surface area contributed by atoms with Crippen LogP contribution in [-0.4, -0.2) is 47.6 Å². The van der Waals surface area contributed by atoms with Crippen LogP contribution in [0.1, 0.15) is 142 Å². The molecule has 6 nitrogen and oxygen atoms in total. The molecule has 0 heterocycles. The molecule has 2 atom stereocenters. The van der Waals surface area contributed by atoms with Crippen molar-refractivity contribution < 1.29 is 29.3 Å². The molecule has 1 unspecified atom stereocenters. The Morgan fingerprint density at radius 3 is 1.88 bits per heavy atom. The van der Waals surface area contributed by atoms with Crippen molar-refractivity contribution in [3.05, 3.63) is 36.5 Å². The van der Waals surface area contributed by atoms with Gasteiger partial charge in [0.05, 0.1) is 12.7 Å². The van der Waals surface area contributed by atoms with Crippen LogP contribution in [0.3, 0.4) is 0 Å². The summed E-state index contributed by atoms with van der Waals surface area (Å²) in [6.45, 7) is 3.88. The lowest BCUT2D eigenvalue weighted by Crippen LogP contribution is -2.28. The number of unbranched alkanes of at least 4 members (excludes halogenated alkanes) is 13. The van der Waals surface area contributed by atoms with Crippen LogP contribution in [-0.2, 0) is 19.1 Å². The molecule has 6 heteroatoms. The van der Waals surface area contributed by atoms with E-state index in [4.69, 9.17) is 9.47 Å². The first-order valence-corrected chi connectivity index (χ1v) is 16.2. The van der Waals surface area contributed by atoms with Gasteiger partial charge >= 0.3 is 11.9 Å². The number of esters is 2. The van der Waals surface area contributed by atoms with Gasteiger partial charge in [0.2, 0.25) is 0 Å². The predicted octanol–water partition coefficient (Wildman–Crippen LogP) is 8.31. The lowest BCUT2D eigenvalue weighted by atomic mass is 10.1. The van der Waals surface area contributed by atoms with Gasteiger partial charge in [-0.1, -0.05) is 134 Å². The van der Waals surface area contributed by atoms with Gasteiger partial charge in [0.15, 0.2) is 6.10 Å². The largest absolute Gasteiger partial charge is 0.462 e. The van der Waals surface area contributed by atoms with Crippen LogP contribution >= 0.6 is 0 Å². The Bertz CT molecular complexity index is 669. The number of aliphatic hydroxyl groups excluding tert-OH is 2. The van der Waals surface area contributed by atoms with Crippen molar-refractivity contribution in [2.24, 2.45) is 0 Å². The van der Waals surface area contributed by atoms with E-state index < -0.39 is 12.2 Å². The van der Waals surface area contributed by atoms with Crippen molar-refractivity contribution in [1.82, 2.24) is 0 Å². The first-order chi connectivity index (χ1) is 19.5. The zero-order valence-electron chi connectivity index (χ0n) is 25.7. The van der Waals surface area contributed by atoms with Gasteiger partial charge in [-0.25, -0.2) is 0 Å². The molecule has 0 radical (unpaired) electrons. The van der Waals surface area contributed by atoms with Crippen LogP contribution in [0.4, 0.5) is 0 Å². The molecule has 0 bridgehead atoms. The molecule has 0 aliphatic rings. The smallest absolute Gasteiger partial charge is 0.306 e. The maximum absolute atomic E-state index is 12.0. The Morgan fingerprint density at radius 1 is 0.700 bits per heavy atom. The first-order valence-electron chi connectivity index (χ1n) is 16.2. The number of ether oxygens (including phenoxy) is 2. The summed E-state index contributed by atoms with van der Waals surface area (Å²) in [6.07, 6.45) is 30.8. The van der Waals surface area contributed by atoms with Gasteiger partial charge in [-0.05, 0) is 32.1 Å². The monoisotopic (exact) mass is 564 g/mol. The summed E-state index contributed by atoms with van der Waals surface area (Å²) in [6, 6.07) is 0. The summed E-state index contributed by atoms with van der Waals surface area (Å²) in [4.78, 5) is 24.0. The minimum atomic E-state index is -0.798. The van der Waals surface area contributed by atoms with Gasteiger partial charge in [0, 0.05) is 12.8 Å². The number of carbonyl (C=O) groups is 2. The molecule has 232 valence electrons. The van der Waals surface area contributed by atoms with E-state index in [9.17, 15) is 19.8 Å². The molecule has 0 aromatic heterocycles. The molecule has 0 saturated carbocycles. The average molecular weight is 565 g/mol. The average Bonchev–Trinajstić information content (AvgIpc) is 2.95. The molecule has 0 aromatic carbocycles. The number of hydrogen-bond donors (Lipinski definition) is 2. The predicted molar refractivity (Wildman–Crippen MR) is 165 cm³/mol. The Morgan fingerprint density at radius 2 is 1.27 bits per heavy atom. The summed E-state index contributed by atoms with van der Waals surface area (Å²) in [5.74, 6) is -0.672. The highest BCUT2D eigenvalue weighted by Crippen LogP contribution is 2.13. The van der Waals surface area contributed by atoms with Crippen LogP contribution in [0, 0.1) is 0 Å². The van der Waals surface area contributed by atoms with Gasteiger partial charge in [-0.2, -0.15) is 0 Å². The minimum absolute atomic E-state index is 0.102. The minimum Gasteiger partial charge on any atom is -0.462 e. The fourth-order valence-corrected chi connectivity index (χ4v) is 4.32. The highest BCUT2D eigenvalue weighted by atomic mass is 16.6. The molecule has 0 spiro atoms. The molecular formula is C34H60O6. The first kappa shape index (κ1) is 38.1. The molecule has 2 N–H and O–H groups in total. The summed E-state index contributed by atoms with van der Waals surface area (Å²) in [5, 5.41) is 19.5. The van der Waals surface area contributed by atoms with Crippen molar-refractivity contribution in [1.29, 1.82) is 0 Å². The van der Waals surface area contributed by atoms with Crippen LogP contribution < -0.4 is 0 Å². The van der Waals surface area contributed by atoms with Crippen molar-refractivity contribution in [2.45, 2.75) is 154 Å². The Kier molecular flexibility index (Phi) is 28.6. The van der Waals surface area contributed by atoms with Gasteiger partial charge < -0.3 is 19.7 Å². The Hall–Kier alpha value is -1.92. The van der Waals surface area contributed by atoms with E-state index in [1.54, 1.807) is 0 Å². The van der Waals surface area contributed by atoms with Crippen molar-refractivity contribution in [2.75, 3.05) is 13.2 Å². The summed E-state index contributed by atoms with van der Waals surface area (Å²) in [5.41, 5.74) is 0. The molecule has 0 rings (SSSR count). The molecule has 0 aliphatic carbocycles. The second-order valence-electron chi connectivity index (χ2n) is 10.7. The van der Waals surface area contributed by atoms with E-state index in [0.717, 1.165) is 70.6 Å². The number of hydrogen-bond acceptors (Lipinski definition) is 6. The van der Waals surface area contributed by atoms with E-state index in [1.165, 1.54) is 44.9 Å². The van der Waals surface area contributed by atoms with E-state index in [0.29, 0.717) is 12.8 Å². The second kappa shape index (κ2) is 30.0. The molecule has 0 amide bonds. The fraction of sp³-hybridized carbons (Fsp3) is 0.765. The number of allylic oxidation sites excluding steroid dienone is 5. The van der Waals surface area contributed by atoms with Crippen molar-refractivity contribution in [3.63, 3.8) is 0 Å². The summed E-state index contributed by atoms with van der Waals surface area (Å²) >= 11 is 0. The molecular weight excluding hydrogens is 504 g/mol. The number of aliphatic hydroxyl groups is 2. The second-order valence-corrected chi connectivity index (χ2v) is 10.7. The third-order valence-corrected chi connectivity index (χ3v) is 6.80. The van der Waals surface area contributed by atoms with Crippen LogP contribution in [0.2, 0.25) is 0 Å². The van der Waals surface area contributed by atoms with Gasteiger partial charge in [-0.15, -0.1) is 0 Å². The van der Waals surface area contributed by atoms with Crippen LogP contribution in [0.15, 0.2) is 36.5 Å². The third-order valence-electron chi connectivity index (χ3n) is 6.80. The zero-order valence-corrected chi connectivity index (χ0v) is 25.7. The standard InChI is InChI=1S/C34H60O6/c1-3-5-7-9-11-12-13-15-19-24-28-34(38)40-32(29-35)30-39-33(37)27-23-20-16-18-22-26-31(36)25-21-17-14-10-8-6-4-2/h6,8,14,17,21,25,31-32,35-36H,3-5,7,9-13,15-16,18-20,22-24,26-30H2,1-2H3/b8-6+,17-14+,25-21+/t31?,32-/m0/s1. The molecule has 0 saturated heterocycles. The Labute approximate surface area is 245 Å². The van der Waals surface area contributed by atoms with Crippen molar-refractivity contribution >= 4 is 11.9 Å². The quantitative estimate of drug-likeness (QED) is 0.0430. The van der Waals surface area contributed by atoms with E-state index in [-0.39, 0.29) is 25.2 Å². The maximum Gasteiger partial charge on any atom is 0.306 e. The van der Waals surface area contributed by atoms with E-state index in [1.807, 2.05) is 18.2 Å². The van der Waals surface area contributed by atoms with E-state index >= 15 is 0 Å². The van der Waals surface area contributed by atoms with Gasteiger partial charge in [0.1, 0.15) is 6.61 Å². The molecule has 40 heavy (non-hydrogen) atoms.